The average Bonchev–Trinajstić information content (AvgIpc) is 4.07. The number of halogens is 2. The molecule has 17 heteroatoms. The number of nitrogens with one attached hydrogen (secondary N) is 3. The highest BCUT2D eigenvalue weighted by Gasteiger charge is 2.18. The molecule has 4 heterocycles. The minimum absolute atomic E-state index is 0. The Bertz CT molecular complexity index is 2010. The molecule has 13 N–H and O–H groups in total. The Morgan fingerprint density at radius 3 is 1.37 bits per heavy atom. The number of carboxylic acids is 1. The lowest BCUT2D eigenvalue weighted by molar-refractivity contribution is -0.131. The van der Waals surface area contributed by atoms with Crippen molar-refractivity contribution in [3.63, 3.8) is 0 Å². The number of likely N-dealkylation sites (N-methyl/N-ethyl adjacent to an activating group) is 2. The third-order valence-corrected chi connectivity index (χ3v) is 7.87. The number of ketones is 4. The molecule has 15 nitrogen and oxygen atoms in total. The molecule has 0 radical (unpaired) electrons. The van der Waals surface area contributed by atoms with Gasteiger partial charge in [0.05, 0.1) is 17.8 Å². The molecule has 0 unspecified atom stereocenters. The second-order valence-corrected chi connectivity index (χ2v) is 11.7. The molecule has 0 amide bonds. The second kappa shape index (κ2) is 38.4. The van der Waals surface area contributed by atoms with Gasteiger partial charge in [-0.3, -0.25) is 33.8 Å². The van der Waals surface area contributed by atoms with Crippen LogP contribution in [0.25, 0.3) is 32.7 Å². The van der Waals surface area contributed by atoms with Crippen molar-refractivity contribution in [2.75, 3.05) is 33.4 Å². The van der Waals surface area contributed by atoms with Crippen LogP contribution in [-0.4, -0.2) is 97.6 Å². The quantitative estimate of drug-likeness (QED) is 0.0493. The van der Waals surface area contributed by atoms with E-state index in [0.717, 1.165) is 30.0 Å². The summed E-state index contributed by atoms with van der Waals surface area (Å²) in [6.45, 7) is 21.5. The highest BCUT2D eigenvalue weighted by atomic mass is 35.5. The second-order valence-electron chi connectivity index (χ2n) is 11.3. The largest absolute Gasteiger partial charge is 1.00 e. The molecule has 0 bridgehead atoms. The van der Waals surface area contributed by atoms with Gasteiger partial charge >= 0.3 is 5.97 Å². The Kier molecular flexibility index (Phi) is 42.3. The van der Waals surface area contributed by atoms with Crippen LogP contribution in [0.3, 0.4) is 0 Å². The van der Waals surface area contributed by atoms with Gasteiger partial charge in [-0.1, -0.05) is 110 Å². The summed E-state index contributed by atoms with van der Waals surface area (Å²) in [5.41, 5.74) is 3.49. The maximum Gasteiger partial charge on any atom is 0.377 e. The molecular formula is C45H71Cl2N8O7-. The van der Waals surface area contributed by atoms with E-state index in [0.29, 0.717) is 10.9 Å². The molecule has 6 aromatic rings. The van der Waals surface area contributed by atoms with Crippen molar-refractivity contribution < 1.29 is 46.3 Å². The van der Waals surface area contributed by atoms with Crippen molar-refractivity contribution in [2.45, 2.75) is 69.7 Å². The van der Waals surface area contributed by atoms with Crippen LogP contribution in [-0.2, 0) is 19.2 Å². The van der Waals surface area contributed by atoms with E-state index in [1.165, 1.54) is 43.7 Å². The molecule has 1 fully saturated rings. The Hall–Kier alpha value is -5.52. The fourth-order valence-corrected chi connectivity index (χ4v) is 4.87. The predicted molar refractivity (Wildman–Crippen MR) is 254 cm³/mol. The SMILES string of the molecule is C.CC.CC.CC.CC(=O)C(=O)Cl.CC(=O)C(=O)c1c[nH]c2ccccc12.CCN1CCN(C)C1.N.N.N.O=C(O)C(=O)c1c[nH]c2ccccc12.[Cl-].c1ccc2[nH]ccc2c1. The molecule has 1 aliphatic heterocycles. The number of carboxylic acid groups (broad SMARTS) is 1. The summed E-state index contributed by atoms with van der Waals surface area (Å²) in [5, 5.41) is 10.4. The third-order valence-electron chi connectivity index (χ3n) is 7.61. The minimum atomic E-state index is -1.44. The average molecular weight is 907 g/mol. The molecule has 1 saturated heterocycles. The lowest BCUT2D eigenvalue weighted by atomic mass is 10.1. The first-order valence-electron chi connectivity index (χ1n) is 18.9. The summed E-state index contributed by atoms with van der Waals surface area (Å²) in [4.78, 5) is 76.9. The third kappa shape index (κ3) is 22.9. The number of Topliss-reactive ketones (excluding diaryl/α,β-unsaturated/α-hetero) is 4. The molecule has 3 aromatic carbocycles. The number of carbonyl (C=O) groups excluding carboxylic acids is 5. The number of H-pyrrole nitrogens is 3. The fraction of sp³-hybridized carbons (Fsp3) is 0.333. The number of rotatable bonds is 6. The van der Waals surface area contributed by atoms with Crippen LogP contribution in [0.15, 0.2) is 97.5 Å². The number of hydrogen-bond acceptors (Lipinski definition) is 11. The predicted octanol–water partition coefficient (Wildman–Crippen LogP) is 7.30. The van der Waals surface area contributed by atoms with Crippen LogP contribution in [0.2, 0.25) is 0 Å². The first kappa shape index (κ1) is 68.2. The summed E-state index contributed by atoms with van der Waals surface area (Å²) < 4.78 is 0. The summed E-state index contributed by atoms with van der Waals surface area (Å²) >= 11 is 4.62. The monoisotopic (exact) mass is 905 g/mol. The molecule has 7 rings (SSSR count). The zero-order chi connectivity index (χ0) is 43.5. The lowest BCUT2D eigenvalue weighted by Gasteiger charge is -2.10. The summed E-state index contributed by atoms with van der Waals surface area (Å²) in [5.74, 6) is -3.81. The topological polar surface area (TPSA) is 282 Å². The molecule has 0 aliphatic carbocycles. The standard InChI is InChI=1S/C11H9NO2.C10H7NO3.C8H7N.C6H14N2.C3H3ClO2.3C2H6.CH4.ClH.3H3N/c1-7(13)11(14)9-6-12-10-5-3-2-4-8(9)10;12-9(10(13)14)7-5-11-8-4-2-1-3-6(7)8;1-2-4-8-7(3-1)5-6-9-8;1-3-8-5-4-7(2)6-8;1-2(5)3(4)6;3*1-2;;;;;/h2-6,12H,1H3;1-5,11H,(H,13,14);1-6,9H;3-6H2,1-2H3;1H3;3*1-2H3;1H4;1H;3*1H3/p-1. The molecule has 62 heavy (non-hydrogen) atoms. The van der Waals surface area contributed by atoms with Gasteiger partial charge in [-0.25, -0.2) is 4.79 Å². The summed E-state index contributed by atoms with van der Waals surface area (Å²) in [6.07, 6.45) is 4.94. The van der Waals surface area contributed by atoms with Gasteiger partial charge in [0.25, 0.3) is 11.0 Å². The van der Waals surface area contributed by atoms with Crippen molar-refractivity contribution >= 4 is 78.7 Å². The van der Waals surface area contributed by atoms with E-state index in [9.17, 15) is 28.8 Å². The number of aromatic nitrogens is 3. The van der Waals surface area contributed by atoms with Gasteiger partial charge in [0.15, 0.2) is 5.78 Å². The van der Waals surface area contributed by atoms with Crippen LogP contribution >= 0.6 is 11.6 Å². The van der Waals surface area contributed by atoms with E-state index in [-0.39, 0.29) is 43.8 Å². The molecule has 0 saturated carbocycles. The van der Waals surface area contributed by atoms with E-state index < -0.39 is 34.3 Å². The first-order chi connectivity index (χ1) is 27.3. The first-order valence-corrected chi connectivity index (χ1v) is 19.3. The molecule has 0 atom stereocenters. The zero-order valence-corrected chi connectivity index (χ0v) is 38.7. The molecule has 1 aliphatic rings. The smallest absolute Gasteiger partial charge is 0.377 e. The Labute approximate surface area is 378 Å². The van der Waals surface area contributed by atoms with E-state index in [4.69, 9.17) is 5.11 Å². The van der Waals surface area contributed by atoms with E-state index in [1.807, 2.05) is 90.2 Å². The number of carbonyl (C=O) groups is 6. The summed E-state index contributed by atoms with van der Waals surface area (Å²) in [7, 11) is 2.16. The number of fused-ring (bicyclic) bond motifs is 3. The Morgan fingerprint density at radius 1 is 0.629 bits per heavy atom. The van der Waals surface area contributed by atoms with Gasteiger partial charge in [0, 0.05) is 72.9 Å². The maximum absolute atomic E-state index is 11.5. The van der Waals surface area contributed by atoms with Gasteiger partial charge in [0.1, 0.15) is 0 Å². The number of nitrogens with zero attached hydrogens (tertiary/aromatic N) is 2. The van der Waals surface area contributed by atoms with Gasteiger partial charge < -0.3 is 50.9 Å². The molecule has 348 valence electrons. The van der Waals surface area contributed by atoms with Gasteiger partial charge in [0.2, 0.25) is 11.6 Å². The van der Waals surface area contributed by atoms with Crippen LogP contribution < -0.4 is 30.9 Å². The molecular weight excluding hydrogens is 835 g/mol. The van der Waals surface area contributed by atoms with Crippen LogP contribution in [0.1, 0.15) is 90.5 Å². The van der Waals surface area contributed by atoms with Gasteiger partial charge in [-0.05, 0) is 54.8 Å². The number of aliphatic carboxylic acids is 1. The highest BCUT2D eigenvalue weighted by Crippen LogP contribution is 2.19. The Balaban J connectivity index is -0.000000154. The number of para-hydroxylation sites is 3. The fourth-order valence-electron chi connectivity index (χ4n) is 4.87. The van der Waals surface area contributed by atoms with Crippen LogP contribution in [0.5, 0.6) is 0 Å². The van der Waals surface area contributed by atoms with Crippen molar-refractivity contribution in [2.24, 2.45) is 0 Å². The van der Waals surface area contributed by atoms with Crippen molar-refractivity contribution in [1.29, 1.82) is 0 Å². The van der Waals surface area contributed by atoms with Gasteiger partial charge in [-0.2, -0.15) is 0 Å². The molecule has 0 spiro atoms. The Morgan fingerprint density at radius 2 is 1.03 bits per heavy atom. The van der Waals surface area contributed by atoms with Crippen molar-refractivity contribution in [1.82, 2.24) is 43.2 Å². The zero-order valence-electron chi connectivity index (χ0n) is 37.2. The van der Waals surface area contributed by atoms with Crippen LogP contribution in [0, 0.1) is 0 Å². The van der Waals surface area contributed by atoms with Gasteiger partial charge in [-0.15, -0.1) is 0 Å². The number of aromatic amines is 3. The highest BCUT2D eigenvalue weighted by molar-refractivity contribution is 6.80. The number of hydrogen-bond donors (Lipinski definition) is 7. The summed E-state index contributed by atoms with van der Waals surface area (Å²) in [6, 6.07) is 24.8. The maximum atomic E-state index is 11.5. The van der Waals surface area contributed by atoms with Crippen molar-refractivity contribution in [3.8, 4) is 0 Å². The normalized spacial score (nSPS) is 10.4. The van der Waals surface area contributed by atoms with Crippen molar-refractivity contribution in [3.05, 3.63) is 109 Å². The van der Waals surface area contributed by atoms with E-state index >= 15 is 0 Å². The molecule has 3 aromatic heterocycles. The van der Waals surface area contributed by atoms with Crippen LogP contribution in [0.4, 0.5) is 0 Å². The van der Waals surface area contributed by atoms with E-state index in [2.05, 4.69) is 68.5 Å². The lowest BCUT2D eigenvalue weighted by Crippen LogP contribution is -3.00. The minimum Gasteiger partial charge on any atom is -1.00 e. The van der Waals surface area contributed by atoms with E-state index in [1.54, 1.807) is 24.4 Å². The number of benzene rings is 3.